The van der Waals surface area contributed by atoms with Crippen molar-refractivity contribution in [1.29, 1.82) is 0 Å². The van der Waals surface area contributed by atoms with Crippen molar-refractivity contribution in [3.8, 4) is 0 Å². The van der Waals surface area contributed by atoms with Gasteiger partial charge in [-0.2, -0.15) is 0 Å². The molecule has 0 spiro atoms. The smallest absolute Gasteiger partial charge is 0.232 e. The fraction of sp³-hybridized carbons (Fsp3) is 0.562. The lowest BCUT2D eigenvalue weighted by Gasteiger charge is -2.25. The number of morpholine rings is 1. The number of amides is 1. The largest absolute Gasteiger partial charge is 0.379 e. The van der Waals surface area contributed by atoms with Gasteiger partial charge in [-0.25, -0.2) is 9.97 Å². The van der Waals surface area contributed by atoms with Gasteiger partial charge in [-0.15, -0.1) is 22.7 Å². The molecule has 24 heavy (non-hydrogen) atoms. The highest BCUT2D eigenvalue weighted by Crippen LogP contribution is 2.20. The summed E-state index contributed by atoms with van der Waals surface area (Å²) in [6, 6.07) is 0. The molecular weight excluding hydrogens is 344 g/mol. The maximum Gasteiger partial charge on any atom is 0.232 e. The normalized spacial score (nSPS) is 15.8. The number of carbonyl (C=O) groups is 1. The van der Waals surface area contributed by atoms with E-state index in [4.69, 9.17) is 4.74 Å². The van der Waals surface area contributed by atoms with Gasteiger partial charge in [-0.05, 0) is 0 Å². The third-order valence-corrected chi connectivity index (χ3v) is 5.69. The molecule has 0 unspecified atom stereocenters. The van der Waals surface area contributed by atoms with Crippen LogP contribution in [0.2, 0.25) is 0 Å². The van der Waals surface area contributed by atoms with E-state index in [0.717, 1.165) is 49.2 Å². The molecule has 3 heterocycles. The van der Waals surface area contributed by atoms with Crippen molar-refractivity contribution in [2.24, 2.45) is 0 Å². The van der Waals surface area contributed by atoms with Crippen LogP contribution in [0.25, 0.3) is 0 Å². The number of rotatable bonds is 6. The molecule has 8 heteroatoms. The first kappa shape index (κ1) is 17.5. The monoisotopic (exact) mass is 366 g/mol. The van der Waals surface area contributed by atoms with E-state index in [0.29, 0.717) is 17.5 Å². The zero-order valence-corrected chi connectivity index (χ0v) is 15.6. The number of aromatic nitrogens is 2. The van der Waals surface area contributed by atoms with Gasteiger partial charge in [0.25, 0.3) is 0 Å². The SMILES string of the molecule is CC(C)c1nc(CC(=O)Nc2nc(CN3CCOCC3)cs2)cs1. The molecule has 1 fully saturated rings. The maximum absolute atomic E-state index is 12.2. The highest BCUT2D eigenvalue weighted by molar-refractivity contribution is 7.14. The van der Waals surface area contributed by atoms with Crippen molar-refractivity contribution in [3.63, 3.8) is 0 Å². The van der Waals surface area contributed by atoms with Crippen LogP contribution >= 0.6 is 22.7 Å². The van der Waals surface area contributed by atoms with Gasteiger partial charge >= 0.3 is 0 Å². The number of anilines is 1. The molecule has 3 rings (SSSR count). The van der Waals surface area contributed by atoms with E-state index >= 15 is 0 Å². The predicted octanol–water partition coefficient (Wildman–Crippen LogP) is 2.74. The molecule has 0 atom stereocenters. The Morgan fingerprint density at radius 2 is 2.00 bits per heavy atom. The topological polar surface area (TPSA) is 67.4 Å². The summed E-state index contributed by atoms with van der Waals surface area (Å²) in [4.78, 5) is 23.5. The van der Waals surface area contributed by atoms with E-state index in [1.54, 1.807) is 11.3 Å². The molecule has 2 aromatic heterocycles. The summed E-state index contributed by atoms with van der Waals surface area (Å²) in [6.45, 7) is 8.43. The third-order valence-electron chi connectivity index (χ3n) is 3.69. The van der Waals surface area contributed by atoms with Gasteiger partial charge in [0.05, 0.1) is 36.0 Å². The molecule has 1 amide bonds. The van der Waals surface area contributed by atoms with Crippen LogP contribution in [0, 0.1) is 0 Å². The van der Waals surface area contributed by atoms with Crippen molar-refractivity contribution in [2.75, 3.05) is 31.6 Å². The Morgan fingerprint density at radius 3 is 2.71 bits per heavy atom. The van der Waals surface area contributed by atoms with Crippen LogP contribution in [0.15, 0.2) is 10.8 Å². The van der Waals surface area contributed by atoms with Crippen LogP contribution in [-0.4, -0.2) is 47.1 Å². The molecule has 2 aromatic rings. The quantitative estimate of drug-likeness (QED) is 0.851. The lowest BCUT2D eigenvalue weighted by atomic mass is 10.2. The van der Waals surface area contributed by atoms with Gasteiger partial charge in [-0.3, -0.25) is 9.69 Å². The van der Waals surface area contributed by atoms with Crippen LogP contribution in [0.3, 0.4) is 0 Å². The van der Waals surface area contributed by atoms with E-state index in [9.17, 15) is 4.79 Å². The maximum atomic E-state index is 12.2. The van der Waals surface area contributed by atoms with Gasteiger partial charge in [0, 0.05) is 36.3 Å². The van der Waals surface area contributed by atoms with E-state index in [1.807, 2.05) is 10.8 Å². The molecule has 0 bridgehead atoms. The Labute approximate surface area is 149 Å². The van der Waals surface area contributed by atoms with Crippen molar-refractivity contribution in [3.05, 3.63) is 27.2 Å². The summed E-state index contributed by atoms with van der Waals surface area (Å²) >= 11 is 3.08. The predicted molar refractivity (Wildman–Crippen MR) is 96.7 cm³/mol. The average molecular weight is 367 g/mol. The van der Waals surface area contributed by atoms with Gasteiger partial charge in [0.15, 0.2) is 5.13 Å². The first-order valence-electron chi connectivity index (χ1n) is 8.09. The Morgan fingerprint density at radius 1 is 1.25 bits per heavy atom. The van der Waals surface area contributed by atoms with Crippen molar-refractivity contribution in [1.82, 2.24) is 14.9 Å². The number of nitrogens with zero attached hydrogens (tertiary/aromatic N) is 3. The second kappa shape index (κ2) is 8.15. The second-order valence-corrected chi connectivity index (χ2v) is 7.84. The Kier molecular flexibility index (Phi) is 5.94. The van der Waals surface area contributed by atoms with E-state index < -0.39 is 0 Å². The summed E-state index contributed by atoms with van der Waals surface area (Å²) in [7, 11) is 0. The number of carbonyl (C=O) groups excluding carboxylic acids is 1. The third kappa shape index (κ3) is 4.83. The van der Waals surface area contributed by atoms with Crippen molar-refractivity contribution >= 4 is 33.7 Å². The minimum absolute atomic E-state index is 0.0668. The van der Waals surface area contributed by atoms with E-state index in [1.165, 1.54) is 11.3 Å². The van der Waals surface area contributed by atoms with Crippen LogP contribution < -0.4 is 5.32 Å². The number of ether oxygens (including phenoxy) is 1. The molecule has 0 saturated carbocycles. The van der Waals surface area contributed by atoms with Gasteiger partial charge in [0.1, 0.15) is 0 Å². The molecule has 1 aliphatic heterocycles. The highest BCUT2D eigenvalue weighted by atomic mass is 32.1. The van der Waals surface area contributed by atoms with Crippen molar-refractivity contribution in [2.45, 2.75) is 32.7 Å². The standard InChI is InChI=1S/C16H22N4O2S2/c1-11(2)15-17-12(9-23-15)7-14(21)19-16-18-13(10-24-16)8-20-3-5-22-6-4-20/h9-11H,3-8H2,1-2H3,(H,18,19,21). The second-order valence-electron chi connectivity index (χ2n) is 6.09. The Hall–Kier alpha value is -1.35. The minimum atomic E-state index is -0.0668. The lowest BCUT2D eigenvalue weighted by Crippen LogP contribution is -2.35. The summed E-state index contributed by atoms with van der Waals surface area (Å²) < 4.78 is 5.35. The van der Waals surface area contributed by atoms with Crippen molar-refractivity contribution < 1.29 is 9.53 Å². The lowest BCUT2D eigenvalue weighted by molar-refractivity contribution is -0.115. The first-order chi connectivity index (χ1) is 11.6. The fourth-order valence-corrected chi connectivity index (χ4v) is 3.97. The summed E-state index contributed by atoms with van der Waals surface area (Å²) in [5.41, 5.74) is 1.82. The summed E-state index contributed by atoms with van der Waals surface area (Å²) in [5.74, 6) is 0.330. The zero-order valence-electron chi connectivity index (χ0n) is 13.9. The number of hydrogen-bond acceptors (Lipinski definition) is 7. The molecule has 130 valence electrons. The Balaban J connectivity index is 1.50. The Bertz CT molecular complexity index is 677. The van der Waals surface area contributed by atoms with Gasteiger partial charge < -0.3 is 10.1 Å². The van der Waals surface area contributed by atoms with Gasteiger partial charge in [-0.1, -0.05) is 13.8 Å². The molecule has 0 aliphatic carbocycles. The van der Waals surface area contributed by atoms with Crippen LogP contribution in [0.5, 0.6) is 0 Å². The fourth-order valence-electron chi connectivity index (χ4n) is 2.42. The average Bonchev–Trinajstić information content (AvgIpc) is 3.18. The summed E-state index contributed by atoms with van der Waals surface area (Å²) in [5, 5.41) is 8.56. The molecule has 1 N–H and O–H groups in total. The number of nitrogens with one attached hydrogen (secondary N) is 1. The molecular formula is C16H22N4O2S2. The number of thiazole rings is 2. The van der Waals surface area contributed by atoms with E-state index in [-0.39, 0.29) is 5.91 Å². The number of hydrogen-bond donors (Lipinski definition) is 1. The van der Waals surface area contributed by atoms with Gasteiger partial charge in [0.2, 0.25) is 5.91 Å². The highest BCUT2D eigenvalue weighted by Gasteiger charge is 2.14. The molecule has 0 aromatic carbocycles. The van der Waals surface area contributed by atoms with Crippen LogP contribution in [-0.2, 0) is 22.5 Å². The molecule has 1 saturated heterocycles. The first-order valence-corrected chi connectivity index (χ1v) is 9.84. The van der Waals surface area contributed by atoms with E-state index in [2.05, 4.69) is 34.0 Å². The van der Waals surface area contributed by atoms with Crippen LogP contribution in [0.1, 0.15) is 36.2 Å². The van der Waals surface area contributed by atoms with Crippen LogP contribution in [0.4, 0.5) is 5.13 Å². The molecule has 6 nitrogen and oxygen atoms in total. The zero-order chi connectivity index (χ0) is 16.9. The minimum Gasteiger partial charge on any atom is -0.379 e. The molecule has 0 radical (unpaired) electrons. The summed E-state index contributed by atoms with van der Waals surface area (Å²) in [6.07, 6.45) is 0.293. The molecule has 1 aliphatic rings.